The van der Waals surface area contributed by atoms with E-state index < -0.39 is 10.9 Å². The fourth-order valence-electron chi connectivity index (χ4n) is 2.01. The highest BCUT2D eigenvalue weighted by atomic mass is 79.9. The Morgan fingerprint density at radius 1 is 1.19 bits per heavy atom. The molecule has 136 valence electrons. The van der Waals surface area contributed by atoms with Crippen LogP contribution in [0.2, 0.25) is 0 Å². The van der Waals surface area contributed by atoms with E-state index in [1.54, 1.807) is 24.3 Å². The molecule has 0 spiro atoms. The van der Waals surface area contributed by atoms with Crippen molar-refractivity contribution in [1.29, 1.82) is 0 Å². The van der Waals surface area contributed by atoms with E-state index in [1.165, 1.54) is 19.2 Å². The number of hydrogen-bond donors (Lipinski definition) is 1. The number of methoxy groups -OCH3 is 1. The van der Waals surface area contributed by atoms with Crippen molar-refractivity contribution in [3.63, 3.8) is 0 Å². The second-order valence-electron chi connectivity index (χ2n) is 5.08. The van der Waals surface area contributed by atoms with Gasteiger partial charge in [-0.15, -0.1) is 0 Å². The molecule has 0 unspecified atom stereocenters. The van der Waals surface area contributed by atoms with Crippen molar-refractivity contribution in [2.75, 3.05) is 13.7 Å². The molecule has 0 fully saturated rings. The maximum atomic E-state index is 11.9. The number of carbonyl (C=O) groups excluding carboxylic acids is 2. The first-order valence-corrected chi connectivity index (χ1v) is 8.27. The zero-order valence-corrected chi connectivity index (χ0v) is 15.3. The summed E-state index contributed by atoms with van der Waals surface area (Å²) in [4.78, 5) is 34.2. The van der Waals surface area contributed by atoms with Crippen LogP contribution in [0.5, 0.6) is 11.5 Å². The lowest BCUT2D eigenvalue weighted by Crippen LogP contribution is -2.27. The van der Waals surface area contributed by atoms with Crippen molar-refractivity contribution in [2.45, 2.75) is 6.42 Å². The number of esters is 1. The molecule has 2 aromatic carbocycles. The lowest BCUT2D eigenvalue weighted by molar-refractivity contribution is -0.385. The highest BCUT2D eigenvalue weighted by molar-refractivity contribution is 9.10. The van der Waals surface area contributed by atoms with Gasteiger partial charge in [-0.2, -0.15) is 0 Å². The summed E-state index contributed by atoms with van der Waals surface area (Å²) in [5.41, 5.74) is 0.0731. The number of nitrogens with zero attached hydrogens (tertiary/aromatic N) is 1. The number of ether oxygens (including phenoxy) is 2. The quantitative estimate of drug-likeness (QED) is 0.317. The number of rotatable bonds is 7. The Kier molecular flexibility index (Phi) is 6.67. The first-order valence-electron chi connectivity index (χ1n) is 7.47. The minimum atomic E-state index is -0.700. The third kappa shape index (κ3) is 5.28. The Labute approximate surface area is 157 Å². The van der Waals surface area contributed by atoms with Gasteiger partial charge in [-0.1, -0.05) is 15.9 Å². The molecule has 0 saturated heterocycles. The summed E-state index contributed by atoms with van der Waals surface area (Å²) in [5, 5.41) is 13.6. The van der Waals surface area contributed by atoms with E-state index in [1.807, 2.05) is 0 Å². The predicted octanol–water partition coefficient (Wildman–Crippen LogP) is 3.09. The Morgan fingerprint density at radius 3 is 2.50 bits per heavy atom. The molecule has 0 aliphatic rings. The zero-order chi connectivity index (χ0) is 19.1. The first-order chi connectivity index (χ1) is 12.4. The van der Waals surface area contributed by atoms with Crippen molar-refractivity contribution in [2.24, 2.45) is 0 Å². The van der Waals surface area contributed by atoms with Crippen LogP contribution in [0, 0.1) is 10.1 Å². The van der Waals surface area contributed by atoms with Crippen molar-refractivity contribution in [3.05, 3.63) is 62.6 Å². The summed E-state index contributed by atoms with van der Waals surface area (Å²) in [6.45, 7) is 0.0394. The van der Waals surface area contributed by atoms with E-state index in [-0.39, 0.29) is 36.1 Å². The molecule has 0 atom stereocenters. The maximum absolute atomic E-state index is 11.9. The third-order valence-corrected chi connectivity index (χ3v) is 3.84. The second-order valence-corrected chi connectivity index (χ2v) is 5.99. The van der Waals surface area contributed by atoms with Crippen LogP contribution in [-0.2, 0) is 4.79 Å². The molecule has 0 saturated carbocycles. The monoisotopic (exact) mass is 422 g/mol. The van der Waals surface area contributed by atoms with Gasteiger partial charge in [0.2, 0.25) is 5.75 Å². The molecule has 1 N–H and O–H groups in total. The molecule has 0 aliphatic carbocycles. The number of nitro groups is 1. The summed E-state index contributed by atoms with van der Waals surface area (Å²) >= 11 is 3.27. The number of halogens is 1. The van der Waals surface area contributed by atoms with Crippen LogP contribution in [-0.4, -0.2) is 30.5 Å². The molecule has 1 amide bonds. The van der Waals surface area contributed by atoms with E-state index >= 15 is 0 Å². The average Bonchev–Trinajstić information content (AvgIpc) is 2.62. The highest BCUT2D eigenvalue weighted by Gasteiger charge is 2.19. The van der Waals surface area contributed by atoms with Gasteiger partial charge in [-0.3, -0.25) is 19.7 Å². The van der Waals surface area contributed by atoms with Crippen LogP contribution in [0.3, 0.4) is 0 Å². The van der Waals surface area contributed by atoms with Crippen LogP contribution in [0.4, 0.5) is 5.69 Å². The van der Waals surface area contributed by atoms with Crippen LogP contribution >= 0.6 is 15.9 Å². The Morgan fingerprint density at radius 2 is 1.88 bits per heavy atom. The molecular weight excluding hydrogens is 408 g/mol. The normalized spacial score (nSPS) is 10.1. The number of benzene rings is 2. The molecule has 8 nitrogen and oxygen atoms in total. The Hall–Kier alpha value is -2.94. The summed E-state index contributed by atoms with van der Waals surface area (Å²) in [5.74, 6) is -0.937. The minimum absolute atomic E-state index is 0.0394. The van der Waals surface area contributed by atoms with Crippen LogP contribution in [0.25, 0.3) is 0 Å². The molecular formula is C17H15BrN2O6. The zero-order valence-electron chi connectivity index (χ0n) is 13.7. The van der Waals surface area contributed by atoms with Gasteiger partial charge in [0.1, 0.15) is 5.75 Å². The topological polar surface area (TPSA) is 108 Å². The molecule has 2 rings (SSSR count). The van der Waals surface area contributed by atoms with Gasteiger partial charge < -0.3 is 14.8 Å². The van der Waals surface area contributed by atoms with Crippen LogP contribution in [0.1, 0.15) is 16.8 Å². The highest BCUT2D eigenvalue weighted by Crippen LogP contribution is 2.31. The molecule has 0 aliphatic heterocycles. The lowest BCUT2D eigenvalue weighted by Gasteiger charge is -2.07. The van der Waals surface area contributed by atoms with Crippen molar-refractivity contribution in [1.82, 2.24) is 5.32 Å². The molecule has 0 bridgehead atoms. The molecule has 9 heteroatoms. The van der Waals surface area contributed by atoms with Crippen molar-refractivity contribution < 1.29 is 24.0 Å². The molecule has 0 heterocycles. The van der Waals surface area contributed by atoms with Crippen LogP contribution < -0.4 is 14.8 Å². The van der Waals surface area contributed by atoms with E-state index in [0.717, 1.165) is 10.5 Å². The largest absolute Gasteiger partial charge is 0.496 e. The summed E-state index contributed by atoms with van der Waals surface area (Å²) in [6.07, 6.45) is -0.133. The SMILES string of the molecule is COc1ccc(OC(=O)CCNC(=O)c2ccc(Br)cc2)c([N+](=O)[O-])c1. The smallest absolute Gasteiger partial charge is 0.315 e. The van der Waals surface area contributed by atoms with E-state index in [2.05, 4.69) is 21.2 Å². The van der Waals surface area contributed by atoms with Gasteiger partial charge in [-0.25, -0.2) is 0 Å². The van der Waals surface area contributed by atoms with Crippen LogP contribution in [0.15, 0.2) is 46.9 Å². The Balaban J connectivity index is 1.90. The summed E-state index contributed by atoms with van der Waals surface area (Å²) in [6, 6.07) is 10.6. The number of hydrogen-bond acceptors (Lipinski definition) is 6. The molecule has 0 radical (unpaired) electrons. The minimum Gasteiger partial charge on any atom is -0.496 e. The predicted molar refractivity (Wildman–Crippen MR) is 96.4 cm³/mol. The number of amides is 1. The average molecular weight is 423 g/mol. The standard InChI is InChI=1S/C17H15BrN2O6/c1-25-13-6-7-15(14(10-13)20(23)24)26-16(21)8-9-19-17(22)11-2-4-12(18)5-3-11/h2-7,10H,8-9H2,1H3,(H,19,22). The third-order valence-electron chi connectivity index (χ3n) is 3.31. The molecule has 26 heavy (non-hydrogen) atoms. The second kappa shape index (κ2) is 8.95. The number of carbonyl (C=O) groups is 2. The van der Waals surface area contributed by atoms with Crippen molar-refractivity contribution in [3.8, 4) is 11.5 Å². The van der Waals surface area contributed by atoms with Gasteiger partial charge in [-0.05, 0) is 36.4 Å². The summed E-state index contributed by atoms with van der Waals surface area (Å²) < 4.78 is 10.8. The van der Waals surface area contributed by atoms with Gasteiger partial charge in [0.15, 0.2) is 0 Å². The lowest BCUT2D eigenvalue weighted by atomic mass is 10.2. The number of nitro benzene ring substituents is 1. The van der Waals surface area contributed by atoms with Gasteiger partial charge in [0, 0.05) is 16.6 Å². The maximum Gasteiger partial charge on any atom is 0.315 e. The molecule has 2 aromatic rings. The van der Waals surface area contributed by atoms with Crippen molar-refractivity contribution >= 4 is 33.5 Å². The number of nitrogens with one attached hydrogen (secondary N) is 1. The van der Waals surface area contributed by atoms with E-state index in [0.29, 0.717) is 5.56 Å². The van der Waals surface area contributed by atoms with Gasteiger partial charge in [0.25, 0.3) is 5.91 Å². The first kappa shape index (κ1) is 19.4. The van der Waals surface area contributed by atoms with Gasteiger partial charge >= 0.3 is 11.7 Å². The van der Waals surface area contributed by atoms with E-state index in [4.69, 9.17) is 9.47 Å². The fraction of sp³-hybridized carbons (Fsp3) is 0.176. The Bertz CT molecular complexity index is 823. The van der Waals surface area contributed by atoms with E-state index in [9.17, 15) is 19.7 Å². The molecule has 0 aromatic heterocycles. The van der Waals surface area contributed by atoms with Gasteiger partial charge in [0.05, 0.1) is 24.5 Å². The summed E-state index contributed by atoms with van der Waals surface area (Å²) in [7, 11) is 1.37. The fourth-order valence-corrected chi connectivity index (χ4v) is 2.27.